The summed E-state index contributed by atoms with van der Waals surface area (Å²) in [6.07, 6.45) is 1.91. The Morgan fingerprint density at radius 1 is 1.82 bits per heavy atom. The zero-order valence-corrected chi connectivity index (χ0v) is 6.21. The van der Waals surface area contributed by atoms with Gasteiger partial charge in [0.15, 0.2) is 11.5 Å². The highest BCUT2D eigenvalue weighted by molar-refractivity contribution is 5.20. The van der Waals surface area contributed by atoms with Gasteiger partial charge in [-0.2, -0.15) is 10.4 Å². The molecule has 0 radical (unpaired) electrons. The summed E-state index contributed by atoms with van der Waals surface area (Å²) in [5.74, 6) is -0.541. The van der Waals surface area contributed by atoms with Gasteiger partial charge in [-0.3, -0.25) is 4.68 Å². The van der Waals surface area contributed by atoms with E-state index >= 15 is 0 Å². The van der Waals surface area contributed by atoms with Gasteiger partial charge in [0.1, 0.15) is 6.07 Å². The molecule has 0 bridgehead atoms. The Hall–Kier alpha value is -1.37. The number of nitrogens with zero attached hydrogens (tertiary/aromatic N) is 3. The Balaban J connectivity index is 2.98. The van der Waals surface area contributed by atoms with Crippen molar-refractivity contribution in [1.29, 1.82) is 5.26 Å². The van der Waals surface area contributed by atoms with Crippen molar-refractivity contribution in [2.75, 3.05) is 0 Å². The van der Waals surface area contributed by atoms with Gasteiger partial charge in [-0.1, -0.05) is 6.92 Å². The minimum Gasteiger partial charge on any atom is -0.252 e. The van der Waals surface area contributed by atoms with Crippen LogP contribution >= 0.6 is 0 Å². The fourth-order valence-electron chi connectivity index (χ4n) is 0.855. The van der Waals surface area contributed by atoms with Crippen molar-refractivity contribution in [3.63, 3.8) is 0 Å². The standard InChI is InChI=1S/C7H8FN3/c1-2-3-11-7(4-9)6(8)5-10-11/h5H,2-3H2,1H3. The van der Waals surface area contributed by atoms with Crippen molar-refractivity contribution in [3.8, 4) is 6.07 Å². The van der Waals surface area contributed by atoms with Crippen molar-refractivity contribution in [2.45, 2.75) is 19.9 Å². The molecule has 0 spiro atoms. The first kappa shape index (κ1) is 7.73. The van der Waals surface area contributed by atoms with E-state index in [1.54, 1.807) is 6.07 Å². The first-order chi connectivity index (χ1) is 5.29. The highest BCUT2D eigenvalue weighted by Gasteiger charge is 2.07. The molecule has 0 saturated carbocycles. The lowest BCUT2D eigenvalue weighted by Crippen LogP contribution is -2.01. The number of aryl methyl sites for hydroxylation is 1. The Morgan fingerprint density at radius 2 is 2.55 bits per heavy atom. The van der Waals surface area contributed by atoms with E-state index in [0.29, 0.717) is 6.54 Å². The Bertz CT molecular complexity index is 284. The molecular formula is C7H8FN3. The molecule has 0 saturated heterocycles. The van der Waals surface area contributed by atoms with Crippen LogP contribution < -0.4 is 0 Å². The molecule has 0 aliphatic rings. The number of aromatic nitrogens is 2. The molecule has 0 N–H and O–H groups in total. The third kappa shape index (κ3) is 1.37. The number of rotatable bonds is 2. The third-order valence-electron chi connectivity index (χ3n) is 1.34. The second-order valence-corrected chi connectivity index (χ2v) is 2.18. The molecule has 1 aromatic heterocycles. The fraction of sp³-hybridized carbons (Fsp3) is 0.429. The number of hydrogen-bond donors (Lipinski definition) is 0. The van der Waals surface area contributed by atoms with Crippen LogP contribution in [-0.2, 0) is 6.54 Å². The van der Waals surface area contributed by atoms with E-state index in [9.17, 15) is 4.39 Å². The summed E-state index contributed by atoms with van der Waals surface area (Å²) in [5, 5.41) is 12.2. The summed E-state index contributed by atoms with van der Waals surface area (Å²) in [6.45, 7) is 2.54. The Morgan fingerprint density at radius 3 is 3.09 bits per heavy atom. The van der Waals surface area contributed by atoms with E-state index in [0.717, 1.165) is 12.6 Å². The maximum Gasteiger partial charge on any atom is 0.179 e. The van der Waals surface area contributed by atoms with Crippen molar-refractivity contribution in [2.24, 2.45) is 0 Å². The van der Waals surface area contributed by atoms with E-state index in [1.165, 1.54) is 4.68 Å². The van der Waals surface area contributed by atoms with Gasteiger partial charge in [0.05, 0.1) is 6.20 Å². The lowest BCUT2D eigenvalue weighted by molar-refractivity contribution is 0.579. The molecule has 0 aromatic carbocycles. The number of halogens is 1. The average Bonchev–Trinajstić information content (AvgIpc) is 2.33. The van der Waals surface area contributed by atoms with Gasteiger partial charge >= 0.3 is 0 Å². The first-order valence-electron chi connectivity index (χ1n) is 3.41. The Kier molecular flexibility index (Phi) is 2.21. The van der Waals surface area contributed by atoms with E-state index < -0.39 is 5.82 Å². The van der Waals surface area contributed by atoms with Crippen molar-refractivity contribution in [1.82, 2.24) is 9.78 Å². The maximum atomic E-state index is 12.6. The van der Waals surface area contributed by atoms with Crippen LogP contribution in [0.25, 0.3) is 0 Å². The fourth-order valence-corrected chi connectivity index (χ4v) is 0.855. The van der Waals surface area contributed by atoms with Crippen LogP contribution in [0.1, 0.15) is 19.0 Å². The largest absolute Gasteiger partial charge is 0.252 e. The summed E-state index contributed by atoms with van der Waals surface area (Å²) < 4.78 is 14.0. The van der Waals surface area contributed by atoms with Gasteiger partial charge in [-0.05, 0) is 6.42 Å². The summed E-state index contributed by atoms with van der Waals surface area (Å²) >= 11 is 0. The predicted molar refractivity (Wildman–Crippen MR) is 37.2 cm³/mol. The van der Waals surface area contributed by atoms with E-state index in [-0.39, 0.29) is 5.69 Å². The highest BCUT2D eigenvalue weighted by atomic mass is 19.1. The second-order valence-electron chi connectivity index (χ2n) is 2.18. The van der Waals surface area contributed by atoms with Crippen molar-refractivity contribution in [3.05, 3.63) is 17.7 Å². The third-order valence-corrected chi connectivity index (χ3v) is 1.34. The molecule has 3 nitrogen and oxygen atoms in total. The minimum atomic E-state index is -0.541. The summed E-state index contributed by atoms with van der Waals surface area (Å²) in [7, 11) is 0. The van der Waals surface area contributed by atoms with Crippen molar-refractivity contribution >= 4 is 0 Å². The molecule has 1 aromatic rings. The molecule has 0 aliphatic carbocycles. The molecule has 0 atom stereocenters. The monoisotopic (exact) mass is 153 g/mol. The normalized spacial score (nSPS) is 9.55. The van der Waals surface area contributed by atoms with Gasteiger partial charge in [-0.25, -0.2) is 4.39 Å². The molecule has 4 heteroatoms. The lowest BCUT2D eigenvalue weighted by Gasteiger charge is -1.96. The number of nitriles is 1. The van der Waals surface area contributed by atoms with E-state index in [4.69, 9.17) is 5.26 Å². The van der Waals surface area contributed by atoms with E-state index in [1.807, 2.05) is 6.92 Å². The summed E-state index contributed by atoms with van der Waals surface area (Å²) in [5.41, 5.74) is 0.0202. The van der Waals surface area contributed by atoms with Crippen LogP contribution in [0, 0.1) is 17.1 Å². The van der Waals surface area contributed by atoms with Gasteiger partial charge in [-0.15, -0.1) is 0 Å². The molecule has 58 valence electrons. The molecule has 1 heterocycles. The van der Waals surface area contributed by atoms with E-state index in [2.05, 4.69) is 5.10 Å². The molecule has 0 unspecified atom stereocenters. The first-order valence-corrected chi connectivity index (χ1v) is 3.41. The van der Waals surface area contributed by atoms with Gasteiger partial charge in [0, 0.05) is 6.54 Å². The Labute approximate surface area is 64.1 Å². The predicted octanol–water partition coefficient (Wildman–Crippen LogP) is 1.30. The molecule has 0 aliphatic heterocycles. The van der Waals surface area contributed by atoms with Gasteiger partial charge < -0.3 is 0 Å². The summed E-state index contributed by atoms with van der Waals surface area (Å²) in [6, 6.07) is 1.75. The molecule has 0 amide bonds. The van der Waals surface area contributed by atoms with Crippen LogP contribution in [0.4, 0.5) is 4.39 Å². The average molecular weight is 153 g/mol. The lowest BCUT2D eigenvalue weighted by atomic mass is 10.4. The van der Waals surface area contributed by atoms with Crippen LogP contribution in [0.5, 0.6) is 0 Å². The molecule has 0 fully saturated rings. The minimum absolute atomic E-state index is 0.0202. The maximum absolute atomic E-state index is 12.6. The van der Waals surface area contributed by atoms with Crippen LogP contribution in [0.3, 0.4) is 0 Å². The molecular weight excluding hydrogens is 145 g/mol. The quantitative estimate of drug-likeness (QED) is 0.642. The number of hydrogen-bond acceptors (Lipinski definition) is 2. The molecule has 11 heavy (non-hydrogen) atoms. The highest BCUT2D eigenvalue weighted by Crippen LogP contribution is 2.04. The summed E-state index contributed by atoms with van der Waals surface area (Å²) in [4.78, 5) is 0. The zero-order valence-electron chi connectivity index (χ0n) is 6.21. The van der Waals surface area contributed by atoms with Crippen LogP contribution in [0.15, 0.2) is 6.20 Å². The van der Waals surface area contributed by atoms with Crippen molar-refractivity contribution < 1.29 is 4.39 Å². The van der Waals surface area contributed by atoms with Crippen LogP contribution in [0.2, 0.25) is 0 Å². The topological polar surface area (TPSA) is 41.6 Å². The zero-order chi connectivity index (χ0) is 8.27. The van der Waals surface area contributed by atoms with Gasteiger partial charge in [0.25, 0.3) is 0 Å². The molecule has 1 rings (SSSR count). The smallest absolute Gasteiger partial charge is 0.179 e. The van der Waals surface area contributed by atoms with Crippen LogP contribution in [-0.4, -0.2) is 9.78 Å². The SMILES string of the molecule is CCCn1ncc(F)c1C#N. The van der Waals surface area contributed by atoms with Gasteiger partial charge in [0.2, 0.25) is 0 Å². The second kappa shape index (κ2) is 3.15.